The fraction of sp³-hybridized carbons (Fsp3) is 0.462. The van der Waals surface area contributed by atoms with Gasteiger partial charge in [0.1, 0.15) is 16.8 Å². The standard InChI is InChI=1S/C13H17ClN4S/c1-5-11-17-10(14)6-12(18-11)16-8(3)13-7(2)15-9(4)19-13/h6,8H,5H2,1-4H3,(H,16,17,18). The van der Waals surface area contributed by atoms with Crippen molar-refractivity contribution in [1.82, 2.24) is 15.0 Å². The molecule has 1 N–H and O–H groups in total. The van der Waals surface area contributed by atoms with Crippen LogP contribution in [-0.4, -0.2) is 15.0 Å². The minimum absolute atomic E-state index is 0.155. The van der Waals surface area contributed by atoms with Crippen LogP contribution in [0.5, 0.6) is 0 Å². The van der Waals surface area contributed by atoms with Crippen LogP contribution in [0.25, 0.3) is 0 Å². The smallest absolute Gasteiger partial charge is 0.134 e. The first kappa shape index (κ1) is 14.2. The van der Waals surface area contributed by atoms with Gasteiger partial charge >= 0.3 is 0 Å². The van der Waals surface area contributed by atoms with Crippen molar-refractivity contribution in [3.05, 3.63) is 32.6 Å². The summed E-state index contributed by atoms with van der Waals surface area (Å²) in [5.74, 6) is 1.51. The quantitative estimate of drug-likeness (QED) is 0.868. The van der Waals surface area contributed by atoms with Crippen LogP contribution in [0.2, 0.25) is 5.15 Å². The molecule has 0 radical (unpaired) electrons. The normalized spacial score (nSPS) is 12.5. The Balaban J connectivity index is 2.21. The molecule has 2 aromatic heterocycles. The highest BCUT2D eigenvalue weighted by atomic mass is 35.5. The molecule has 0 spiro atoms. The van der Waals surface area contributed by atoms with Gasteiger partial charge in [-0.1, -0.05) is 18.5 Å². The molecule has 0 amide bonds. The largest absolute Gasteiger partial charge is 0.363 e. The van der Waals surface area contributed by atoms with Crippen LogP contribution in [0, 0.1) is 13.8 Å². The maximum absolute atomic E-state index is 5.99. The number of rotatable bonds is 4. The van der Waals surface area contributed by atoms with Gasteiger partial charge in [0.25, 0.3) is 0 Å². The van der Waals surface area contributed by atoms with E-state index in [1.807, 2.05) is 20.8 Å². The summed E-state index contributed by atoms with van der Waals surface area (Å²) in [6, 6.07) is 1.90. The lowest BCUT2D eigenvalue weighted by atomic mass is 10.2. The first-order valence-electron chi connectivity index (χ1n) is 6.23. The molecule has 0 aliphatic rings. The zero-order chi connectivity index (χ0) is 14.0. The van der Waals surface area contributed by atoms with Crippen molar-refractivity contribution in [2.45, 2.75) is 40.2 Å². The van der Waals surface area contributed by atoms with Crippen LogP contribution in [0.15, 0.2) is 6.07 Å². The van der Waals surface area contributed by atoms with E-state index in [9.17, 15) is 0 Å². The van der Waals surface area contributed by atoms with Gasteiger partial charge in [0.15, 0.2) is 0 Å². The Morgan fingerprint density at radius 2 is 2.05 bits per heavy atom. The van der Waals surface area contributed by atoms with Crippen molar-refractivity contribution in [3.8, 4) is 0 Å². The number of nitrogens with zero attached hydrogens (tertiary/aromatic N) is 3. The third-order valence-corrected chi connectivity index (χ3v) is 4.20. The van der Waals surface area contributed by atoms with Crippen LogP contribution in [0.4, 0.5) is 5.82 Å². The summed E-state index contributed by atoms with van der Waals surface area (Å²) in [6.45, 7) is 8.16. The second kappa shape index (κ2) is 5.84. The number of hydrogen-bond donors (Lipinski definition) is 1. The van der Waals surface area contributed by atoms with Crippen LogP contribution < -0.4 is 5.32 Å². The third kappa shape index (κ3) is 3.42. The average Bonchev–Trinajstić information content (AvgIpc) is 2.67. The minimum atomic E-state index is 0.155. The molecule has 1 atom stereocenters. The lowest BCUT2D eigenvalue weighted by Gasteiger charge is -2.14. The molecule has 1 unspecified atom stereocenters. The van der Waals surface area contributed by atoms with E-state index < -0.39 is 0 Å². The first-order chi connectivity index (χ1) is 8.99. The fourth-order valence-electron chi connectivity index (χ4n) is 1.93. The molecular weight excluding hydrogens is 280 g/mol. The zero-order valence-corrected chi connectivity index (χ0v) is 13.1. The van der Waals surface area contributed by atoms with Crippen molar-refractivity contribution < 1.29 is 0 Å². The third-order valence-electron chi connectivity index (χ3n) is 2.75. The molecule has 2 aromatic rings. The van der Waals surface area contributed by atoms with Crippen LogP contribution in [0.1, 0.15) is 41.3 Å². The summed E-state index contributed by atoms with van der Waals surface area (Å²) < 4.78 is 0. The molecule has 0 fully saturated rings. The molecule has 0 aromatic carbocycles. The summed E-state index contributed by atoms with van der Waals surface area (Å²) in [7, 11) is 0. The highest BCUT2D eigenvalue weighted by molar-refractivity contribution is 7.11. The predicted octanol–water partition coefficient (Wildman–Crippen LogP) is 3.94. The minimum Gasteiger partial charge on any atom is -0.363 e. The van der Waals surface area contributed by atoms with E-state index in [0.717, 1.165) is 28.8 Å². The Bertz CT molecular complexity index is 582. The second-order valence-corrected chi connectivity index (χ2v) is 6.02. The SMILES string of the molecule is CCc1nc(Cl)cc(NC(C)c2sc(C)nc2C)n1. The van der Waals surface area contributed by atoms with Gasteiger partial charge in [-0.25, -0.2) is 15.0 Å². The van der Waals surface area contributed by atoms with Crippen molar-refractivity contribution >= 4 is 28.8 Å². The average molecular weight is 297 g/mol. The van der Waals surface area contributed by atoms with Crippen molar-refractivity contribution in [3.63, 3.8) is 0 Å². The number of anilines is 1. The van der Waals surface area contributed by atoms with Crippen LogP contribution in [0.3, 0.4) is 0 Å². The fourth-order valence-corrected chi connectivity index (χ4v) is 3.06. The van der Waals surface area contributed by atoms with Gasteiger partial charge < -0.3 is 5.32 Å². The number of thiazole rings is 1. The van der Waals surface area contributed by atoms with E-state index in [1.165, 1.54) is 4.88 Å². The molecule has 0 aliphatic carbocycles. The highest BCUT2D eigenvalue weighted by Crippen LogP contribution is 2.27. The van der Waals surface area contributed by atoms with Crippen molar-refractivity contribution in [2.24, 2.45) is 0 Å². The molecule has 2 rings (SSSR count). The zero-order valence-electron chi connectivity index (χ0n) is 11.5. The van der Waals surface area contributed by atoms with Gasteiger partial charge in [-0.3, -0.25) is 0 Å². The number of hydrogen-bond acceptors (Lipinski definition) is 5. The molecule has 0 saturated heterocycles. The predicted molar refractivity (Wildman–Crippen MR) is 80.0 cm³/mol. The summed E-state index contributed by atoms with van der Waals surface area (Å²) in [6.07, 6.45) is 0.766. The number of halogens is 1. The first-order valence-corrected chi connectivity index (χ1v) is 7.43. The number of nitrogens with one attached hydrogen (secondary N) is 1. The molecule has 2 heterocycles. The summed E-state index contributed by atoms with van der Waals surface area (Å²) in [4.78, 5) is 14.3. The van der Waals surface area contributed by atoms with E-state index >= 15 is 0 Å². The number of aromatic nitrogens is 3. The maximum atomic E-state index is 5.99. The molecule has 4 nitrogen and oxygen atoms in total. The molecule has 6 heteroatoms. The van der Waals surface area contributed by atoms with E-state index in [0.29, 0.717) is 5.15 Å². The highest BCUT2D eigenvalue weighted by Gasteiger charge is 2.14. The Labute approximate surface area is 122 Å². The van der Waals surface area contributed by atoms with Crippen molar-refractivity contribution in [2.75, 3.05) is 5.32 Å². The van der Waals surface area contributed by atoms with Gasteiger partial charge in [-0.15, -0.1) is 11.3 Å². The summed E-state index contributed by atoms with van der Waals surface area (Å²) in [5, 5.41) is 4.91. The molecule has 0 aliphatic heterocycles. The molecule has 0 bridgehead atoms. The van der Waals surface area contributed by atoms with Gasteiger partial charge in [0.2, 0.25) is 0 Å². The van der Waals surface area contributed by atoms with E-state index in [-0.39, 0.29) is 6.04 Å². The van der Waals surface area contributed by atoms with Gasteiger partial charge in [-0.2, -0.15) is 0 Å². The van der Waals surface area contributed by atoms with E-state index in [2.05, 4.69) is 27.2 Å². The van der Waals surface area contributed by atoms with Crippen LogP contribution >= 0.6 is 22.9 Å². The molecule has 0 saturated carbocycles. The topological polar surface area (TPSA) is 50.7 Å². The Kier molecular flexibility index (Phi) is 4.37. The Morgan fingerprint density at radius 1 is 1.32 bits per heavy atom. The summed E-state index contributed by atoms with van der Waals surface area (Å²) in [5.41, 5.74) is 1.07. The molecular formula is C13H17ClN4S. The monoisotopic (exact) mass is 296 g/mol. The Hall–Kier alpha value is -1.20. The van der Waals surface area contributed by atoms with Crippen molar-refractivity contribution in [1.29, 1.82) is 0 Å². The van der Waals surface area contributed by atoms with Gasteiger partial charge in [0.05, 0.1) is 16.7 Å². The van der Waals surface area contributed by atoms with E-state index in [1.54, 1.807) is 17.4 Å². The van der Waals surface area contributed by atoms with E-state index in [4.69, 9.17) is 11.6 Å². The van der Waals surface area contributed by atoms with Gasteiger partial charge in [-0.05, 0) is 20.8 Å². The van der Waals surface area contributed by atoms with Crippen LogP contribution in [-0.2, 0) is 6.42 Å². The molecule has 19 heavy (non-hydrogen) atoms. The maximum Gasteiger partial charge on any atom is 0.134 e. The molecule has 102 valence electrons. The van der Waals surface area contributed by atoms with Gasteiger partial charge in [0, 0.05) is 17.4 Å². The number of aryl methyl sites for hydroxylation is 3. The second-order valence-electron chi connectivity index (χ2n) is 4.39. The Morgan fingerprint density at radius 3 is 2.63 bits per heavy atom. The summed E-state index contributed by atoms with van der Waals surface area (Å²) >= 11 is 7.70. The lowest BCUT2D eigenvalue weighted by molar-refractivity contribution is 0.861. The lowest BCUT2D eigenvalue weighted by Crippen LogP contribution is -2.09.